The first-order valence-corrected chi connectivity index (χ1v) is 9.21. The molecule has 0 aliphatic carbocycles. The van der Waals surface area contributed by atoms with E-state index in [-0.39, 0.29) is 42.8 Å². The van der Waals surface area contributed by atoms with Crippen LogP contribution in [0.15, 0.2) is 30.3 Å². The van der Waals surface area contributed by atoms with Crippen LogP contribution < -0.4 is 16.4 Å². The molecule has 6 nitrogen and oxygen atoms in total. The maximum atomic E-state index is 9.20. The first-order chi connectivity index (χ1) is 12.6. The first-order valence-electron chi connectivity index (χ1n) is 7.32. The van der Waals surface area contributed by atoms with Crippen molar-refractivity contribution in [3.63, 3.8) is 0 Å². The Kier molecular flexibility index (Phi) is 9.83. The number of nitrogens with two attached hydrogens (primary N) is 1. The SMILES string of the molecule is N=C(N)NC(=N)NCCc1ccccc1.Oc1c(Cl)c(Cl)c(Cl)c(Cl)c1Cl. The van der Waals surface area contributed by atoms with Gasteiger partial charge in [-0.3, -0.25) is 16.1 Å². The molecule has 0 saturated carbocycles. The summed E-state index contributed by atoms with van der Waals surface area (Å²) < 4.78 is 0. The number of guanidine groups is 2. The van der Waals surface area contributed by atoms with E-state index < -0.39 is 0 Å². The summed E-state index contributed by atoms with van der Waals surface area (Å²) >= 11 is 27.9. The van der Waals surface area contributed by atoms with Crippen LogP contribution in [-0.4, -0.2) is 23.6 Å². The van der Waals surface area contributed by atoms with Crippen LogP contribution in [0.25, 0.3) is 0 Å². The molecule has 0 spiro atoms. The van der Waals surface area contributed by atoms with Crippen LogP contribution in [-0.2, 0) is 6.42 Å². The summed E-state index contributed by atoms with van der Waals surface area (Å²) in [4.78, 5) is 0. The quantitative estimate of drug-likeness (QED) is 0.165. The van der Waals surface area contributed by atoms with Gasteiger partial charge in [0.25, 0.3) is 0 Å². The number of benzene rings is 2. The van der Waals surface area contributed by atoms with Gasteiger partial charge in [-0.05, 0) is 12.0 Å². The first kappa shape index (κ1) is 23.5. The van der Waals surface area contributed by atoms with Crippen LogP contribution in [0.2, 0.25) is 25.1 Å². The molecule has 0 bridgehead atoms. The molecule has 27 heavy (non-hydrogen) atoms. The molecule has 0 radical (unpaired) electrons. The lowest BCUT2D eigenvalue weighted by Crippen LogP contribution is -2.43. The zero-order valence-electron chi connectivity index (χ0n) is 13.7. The van der Waals surface area contributed by atoms with Crippen molar-refractivity contribution in [1.82, 2.24) is 10.6 Å². The zero-order valence-corrected chi connectivity index (χ0v) is 17.5. The summed E-state index contributed by atoms with van der Waals surface area (Å²) in [5, 5.41) is 28.4. The Labute approximate surface area is 181 Å². The van der Waals surface area contributed by atoms with E-state index in [9.17, 15) is 5.11 Å². The third-order valence-electron chi connectivity index (χ3n) is 3.00. The number of nitrogens with one attached hydrogen (secondary N) is 4. The van der Waals surface area contributed by atoms with Gasteiger partial charge in [0, 0.05) is 6.54 Å². The van der Waals surface area contributed by atoms with Crippen LogP contribution in [0.5, 0.6) is 5.75 Å². The van der Waals surface area contributed by atoms with Gasteiger partial charge in [-0.25, -0.2) is 0 Å². The van der Waals surface area contributed by atoms with Gasteiger partial charge in [0.2, 0.25) is 0 Å². The fourth-order valence-corrected chi connectivity index (χ4v) is 2.88. The van der Waals surface area contributed by atoms with Crippen molar-refractivity contribution in [1.29, 1.82) is 10.8 Å². The van der Waals surface area contributed by atoms with Crippen molar-refractivity contribution in [2.75, 3.05) is 6.54 Å². The lowest BCUT2D eigenvalue weighted by atomic mass is 10.1. The maximum absolute atomic E-state index is 9.20. The minimum absolute atomic E-state index is 0.00904. The summed E-state index contributed by atoms with van der Waals surface area (Å²) in [7, 11) is 0. The number of hydrogen-bond acceptors (Lipinski definition) is 3. The van der Waals surface area contributed by atoms with E-state index in [1.54, 1.807) is 0 Å². The third kappa shape index (κ3) is 7.52. The van der Waals surface area contributed by atoms with Gasteiger partial charge < -0.3 is 16.2 Å². The van der Waals surface area contributed by atoms with Gasteiger partial charge in [-0.1, -0.05) is 88.3 Å². The zero-order chi connectivity index (χ0) is 20.6. The van der Waals surface area contributed by atoms with Crippen molar-refractivity contribution in [2.45, 2.75) is 6.42 Å². The Morgan fingerprint density at radius 3 is 1.85 bits per heavy atom. The summed E-state index contributed by atoms with van der Waals surface area (Å²) in [6, 6.07) is 9.99. The number of phenols is 1. The van der Waals surface area contributed by atoms with Gasteiger partial charge in [0.1, 0.15) is 10.0 Å². The predicted molar refractivity (Wildman–Crippen MR) is 114 cm³/mol. The number of rotatable bonds is 3. The molecule has 0 amide bonds. The van der Waals surface area contributed by atoms with E-state index in [1.807, 2.05) is 30.3 Å². The van der Waals surface area contributed by atoms with Crippen molar-refractivity contribution in [2.24, 2.45) is 5.73 Å². The maximum Gasteiger partial charge on any atom is 0.195 e. The summed E-state index contributed by atoms with van der Waals surface area (Å²) in [5.41, 5.74) is 6.28. The van der Waals surface area contributed by atoms with E-state index in [0.29, 0.717) is 6.54 Å². The largest absolute Gasteiger partial charge is 0.505 e. The van der Waals surface area contributed by atoms with Crippen molar-refractivity contribution in [3.8, 4) is 5.75 Å². The molecule has 146 valence electrons. The van der Waals surface area contributed by atoms with E-state index in [0.717, 1.165) is 6.42 Å². The molecule has 0 atom stereocenters. The Bertz CT molecular complexity index is 712. The lowest BCUT2D eigenvalue weighted by Gasteiger charge is -2.08. The molecule has 0 unspecified atom stereocenters. The molecule has 0 aliphatic rings. The van der Waals surface area contributed by atoms with E-state index in [4.69, 9.17) is 74.6 Å². The lowest BCUT2D eigenvalue weighted by molar-refractivity contribution is 0.476. The Morgan fingerprint density at radius 1 is 0.889 bits per heavy atom. The number of aromatic hydroxyl groups is 1. The van der Waals surface area contributed by atoms with Crippen LogP contribution in [0.3, 0.4) is 0 Å². The number of halogens is 5. The smallest absolute Gasteiger partial charge is 0.195 e. The van der Waals surface area contributed by atoms with Crippen molar-refractivity contribution < 1.29 is 5.11 Å². The van der Waals surface area contributed by atoms with E-state index in [1.165, 1.54) is 5.56 Å². The third-order valence-corrected chi connectivity index (χ3v) is 5.26. The van der Waals surface area contributed by atoms with Gasteiger partial charge in [-0.15, -0.1) is 0 Å². The van der Waals surface area contributed by atoms with E-state index >= 15 is 0 Å². The van der Waals surface area contributed by atoms with Gasteiger partial charge in [0.05, 0.1) is 15.1 Å². The van der Waals surface area contributed by atoms with Crippen molar-refractivity contribution in [3.05, 3.63) is 61.0 Å². The van der Waals surface area contributed by atoms with Gasteiger partial charge in [0.15, 0.2) is 17.7 Å². The highest BCUT2D eigenvalue weighted by atomic mass is 35.5. The Hall–Kier alpha value is -1.57. The second kappa shape index (κ2) is 11.3. The Morgan fingerprint density at radius 2 is 1.37 bits per heavy atom. The number of phenolic OH excluding ortho intramolecular Hbond substituents is 1. The monoisotopic (exact) mass is 469 g/mol. The molecule has 2 rings (SSSR count). The summed E-state index contributed by atoms with van der Waals surface area (Å²) in [6.07, 6.45) is 0.836. The van der Waals surface area contributed by atoms with Crippen LogP contribution in [0.4, 0.5) is 0 Å². The summed E-state index contributed by atoms with van der Waals surface area (Å²) in [6.45, 7) is 0.642. The minimum atomic E-state index is -0.363. The molecule has 11 heteroatoms. The van der Waals surface area contributed by atoms with Crippen LogP contribution >= 0.6 is 58.0 Å². The van der Waals surface area contributed by atoms with Crippen LogP contribution in [0, 0.1) is 10.8 Å². The molecular weight excluding hydrogens is 455 g/mol. The molecule has 0 fully saturated rings. The van der Waals surface area contributed by atoms with E-state index in [2.05, 4.69) is 10.6 Å². The Balaban J connectivity index is 0.000000277. The highest BCUT2D eigenvalue weighted by molar-refractivity contribution is 6.55. The standard InChI is InChI=1S/C10H15N5.C6HCl5O/c11-9(12)15-10(13)14-7-6-8-4-2-1-3-5-8;7-1-2(8)4(10)6(12)5(11)3(1)9/h1-5H,6-7H2,(H6,11,12,13,14,15);12H. The molecule has 0 aliphatic heterocycles. The van der Waals surface area contributed by atoms with Crippen molar-refractivity contribution >= 4 is 69.9 Å². The molecule has 2 aromatic rings. The molecule has 0 aromatic heterocycles. The molecule has 0 heterocycles. The molecule has 7 N–H and O–H groups in total. The number of hydrogen-bond donors (Lipinski definition) is 6. The van der Waals surface area contributed by atoms with Gasteiger partial charge in [-0.2, -0.15) is 0 Å². The second-order valence-corrected chi connectivity index (χ2v) is 6.88. The average Bonchev–Trinajstić information content (AvgIpc) is 2.64. The van der Waals surface area contributed by atoms with Gasteiger partial charge >= 0.3 is 0 Å². The average molecular weight is 472 g/mol. The molecule has 2 aromatic carbocycles. The highest BCUT2D eigenvalue weighted by Gasteiger charge is 2.18. The van der Waals surface area contributed by atoms with Crippen LogP contribution in [0.1, 0.15) is 5.56 Å². The summed E-state index contributed by atoms with van der Waals surface area (Å²) in [5.74, 6) is -0.539. The topological polar surface area (TPSA) is 118 Å². The predicted octanol–water partition coefficient (Wildman–Crippen LogP) is 4.90. The second-order valence-electron chi connectivity index (χ2n) is 4.99. The fraction of sp³-hybridized carbons (Fsp3) is 0.125. The normalized spacial score (nSPS) is 9.81. The fourth-order valence-electron chi connectivity index (χ4n) is 1.75. The molecule has 0 saturated heterocycles. The highest BCUT2D eigenvalue weighted by Crippen LogP contribution is 2.47. The molecular formula is C16H16Cl5N5O. The minimum Gasteiger partial charge on any atom is -0.505 e.